The molecule has 4 aliphatic carbocycles. The number of carbonyl (C=O) groups excluding carboxylic acids is 1. The van der Waals surface area contributed by atoms with Crippen LogP contribution in [-0.2, 0) is 26.1 Å². The third-order valence-electron chi connectivity index (χ3n) is 8.85. The number of benzene rings is 1. The molecule has 0 unspecified atom stereocenters. The van der Waals surface area contributed by atoms with Gasteiger partial charge in [-0.3, -0.25) is 4.79 Å². The van der Waals surface area contributed by atoms with Gasteiger partial charge < -0.3 is 23.8 Å². The van der Waals surface area contributed by atoms with E-state index in [2.05, 4.69) is 30.2 Å². The zero-order chi connectivity index (χ0) is 20.9. The number of hydrogen-bond acceptors (Lipinski definition) is 6. The van der Waals surface area contributed by atoms with E-state index in [1.807, 2.05) is 13.0 Å². The van der Waals surface area contributed by atoms with Gasteiger partial charge in [-0.1, -0.05) is 18.2 Å². The van der Waals surface area contributed by atoms with Gasteiger partial charge in [-0.15, -0.1) is 0 Å². The van der Waals surface area contributed by atoms with Crippen LogP contribution in [0.25, 0.3) is 0 Å². The largest absolute Gasteiger partial charge is 0.493 e. The lowest BCUT2D eigenvalue weighted by Crippen LogP contribution is -2.79. The minimum atomic E-state index is -0.840. The van der Waals surface area contributed by atoms with E-state index in [9.17, 15) is 4.79 Å². The van der Waals surface area contributed by atoms with E-state index in [0.717, 1.165) is 37.3 Å². The lowest BCUT2D eigenvalue weighted by Gasteiger charge is -2.70. The number of methoxy groups -OCH3 is 2. The van der Waals surface area contributed by atoms with Crippen LogP contribution in [0, 0.1) is 11.3 Å². The highest BCUT2D eigenvalue weighted by Gasteiger charge is 2.80. The number of fused-ring (bicyclic) bond motifs is 1. The molecule has 2 fully saturated rings. The molecule has 30 heavy (non-hydrogen) atoms. The van der Waals surface area contributed by atoms with Crippen molar-refractivity contribution in [3.05, 3.63) is 35.4 Å². The molecule has 2 heterocycles. The maximum absolute atomic E-state index is 13.2. The second-order valence-electron chi connectivity index (χ2n) is 9.49. The van der Waals surface area contributed by atoms with E-state index < -0.39 is 5.60 Å². The molecule has 0 radical (unpaired) electrons. The highest BCUT2D eigenvalue weighted by Crippen LogP contribution is 2.74. The second-order valence-corrected chi connectivity index (χ2v) is 9.49. The van der Waals surface area contributed by atoms with E-state index in [-0.39, 0.29) is 28.8 Å². The fourth-order valence-corrected chi connectivity index (χ4v) is 7.72. The van der Waals surface area contributed by atoms with Gasteiger partial charge in [-0.2, -0.15) is 0 Å². The molecule has 6 heteroatoms. The fraction of sp³-hybridized carbons (Fsp3) is 0.625. The molecule has 6 nitrogen and oxygen atoms in total. The number of hydrogen-bond donors (Lipinski definition) is 0. The maximum atomic E-state index is 13.2. The molecule has 4 bridgehead atoms. The standard InChI is InChI=1S/C24H29NO5/c1-5-29-20(26)15-13-22-8-9-24(15,28-4)21-23(22)10-11-25(2)17(22)12-14-6-7-16(27-3)19(30-21)18(14)23/h6-9,15,17,21H,5,10-13H2,1-4H3/t15-,17+,21-,22-,23+,24+/m1/s1. The van der Waals surface area contributed by atoms with Crippen LogP contribution in [-0.4, -0.2) is 63.0 Å². The number of likely N-dealkylation sites (N-methyl/N-ethyl adjacent to an activating group) is 1. The van der Waals surface area contributed by atoms with Crippen molar-refractivity contribution in [2.75, 3.05) is 34.4 Å². The molecule has 6 aliphatic rings. The SMILES string of the molecule is CCOC(=O)[C@H]1C[C@@]23C=C[C@@]1(OC)[C@@H]1Oc4c(OC)ccc5c4[C@@]12CCN(C)[C@H]3C5. The van der Waals surface area contributed by atoms with Gasteiger partial charge in [-0.25, -0.2) is 0 Å². The van der Waals surface area contributed by atoms with Crippen molar-refractivity contribution in [3.63, 3.8) is 0 Å². The summed E-state index contributed by atoms with van der Waals surface area (Å²) in [5.74, 6) is 1.04. The molecule has 0 N–H and O–H groups in total. The van der Waals surface area contributed by atoms with Gasteiger partial charge in [0.15, 0.2) is 11.5 Å². The molecule has 1 aromatic carbocycles. The number of ether oxygens (including phenoxy) is 4. The van der Waals surface area contributed by atoms with Gasteiger partial charge in [0, 0.05) is 24.1 Å². The Labute approximate surface area is 177 Å². The van der Waals surface area contributed by atoms with E-state index in [0.29, 0.717) is 12.6 Å². The van der Waals surface area contributed by atoms with Gasteiger partial charge in [0.25, 0.3) is 0 Å². The Kier molecular flexibility index (Phi) is 3.61. The summed E-state index contributed by atoms with van der Waals surface area (Å²) in [4.78, 5) is 15.7. The minimum absolute atomic E-state index is 0.184. The van der Waals surface area contributed by atoms with Crippen LogP contribution in [0.2, 0.25) is 0 Å². The molecule has 1 saturated carbocycles. The van der Waals surface area contributed by atoms with E-state index in [1.54, 1.807) is 14.2 Å². The highest BCUT2D eigenvalue weighted by molar-refractivity contribution is 5.78. The third kappa shape index (κ3) is 1.75. The van der Waals surface area contributed by atoms with Gasteiger partial charge in [0.2, 0.25) is 0 Å². The molecule has 7 rings (SSSR count). The fourth-order valence-electron chi connectivity index (χ4n) is 7.72. The smallest absolute Gasteiger partial charge is 0.312 e. The molecule has 1 saturated heterocycles. The van der Waals surface area contributed by atoms with Gasteiger partial charge in [-0.05, 0) is 51.4 Å². The summed E-state index contributed by atoms with van der Waals surface area (Å²) >= 11 is 0. The van der Waals surface area contributed by atoms with Crippen LogP contribution in [0.3, 0.4) is 0 Å². The van der Waals surface area contributed by atoms with E-state index in [1.165, 1.54) is 11.1 Å². The van der Waals surface area contributed by atoms with Crippen LogP contribution in [0.5, 0.6) is 11.5 Å². The molecule has 0 aromatic heterocycles. The number of piperidine rings is 1. The van der Waals surface area contributed by atoms with Crippen LogP contribution in [0.4, 0.5) is 0 Å². The highest BCUT2D eigenvalue weighted by atomic mass is 16.6. The molecule has 160 valence electrons. The van der Waals surface area contributed by atoms with Crippen LogP contribution >= 0.6 is 0 Å². The summed E-state index contributed by atoms with van der Waals surface area (Å²) in [6, 6.07) is 4.54. The Morgan fingerprint density at radius 2 is 2.13 bits per heavy atom. The molecule has 1 aromatic rings. The normalized spacial score (nSPS) is 41.9. The minimum Gasteiger partial charge on any atom is -0.493 e. The van der Waals surface area contributed by atoms with Crippen molar-refractivity contribution in [2.24, 2.45) is 11.3 Å². The van der Waals surface area contributed by atoms with Crippen LogP contribution in [0.1, 0.15) is 30.9 Å². The first-order valence-electron chi connectivity index (χ1n) is 11.0. The predicted octanol–water partition coefficient (Wildman–Crippen LogP) is 2.48. The number of rotatable bonds is 4. The summed E-state index contributed by atoms with van der Waals surface area (Å²) in [5, 5.41) is 0. The van der Waals surface area contributed by atoms with E-state index >= 15 is 0 Å². The Morgan fingerprint density at radius 1 is 1.30 bits per heavy atom. The number of nitrogens with zero attached hydrogens (tertiary/aromatic N) is 1. The summed E-state index contributed by atoms with van der Waals surface area (Å²) in [6.45, 7) is 3.22. The second kappa shape index (κ2) is 5.80. The van der Waals surface area contributed by atoms with Gasteiger partial charge in [0.1, 0.15) is 11.7 Å². The molecule has 2 aliphatic heterocycles. The predicted molar refractivity (Wildman–Crippen MR) is 110 cm³/mol. The Morgan fingerprint density at radius 3 is 2.87 bits per heavy atom. The van der Waals surface area contributed by atoms with Crippen LogP contribution < -0.4 is 9.47 Å². The van der Waals surface area contributed by atoms with Gasteiger partial charge in [0.05, 0.1) is 25.0 Å². The maximum Gasteiger partial charge on any atom is 0.312 e. The van der Waals surface area contributed by atoms with Crippen molar-refractivity contribution in [1.29, 1.82) is 0 Å². The van der Waals surface area contributed by atoms with Crippen molar-refractivity contribution in [1.82, 2.24) is 4.90 Å². The van der Waals surface area contributed by atoms with Gasteiger partial charge >= 0.3 is 5.97 Å². The van der Waals surface area contributed by atoms with Crippen molar-refractivity contribution in [3.8, 4) is 11.5 Å². The average Bonchev–Trinajstić information content (AvgIpc) is 3.13. The first kappa shape index (κ1) is 18.7. The zero-order valence-electron chi connectivity index (χ0n) is 18.1. The molecule has 0 amide bonds. The summed E-state index contributed by atoms with van der Waals surface area (Å²) < 4.78 is 24.3. The number of likely N-dealkylation sites (tertiary alicyclic amines) is 1. The van der Waals surface area contributed by atoms with Crippen molar-refractivity contribution in [2.45, 2.75) is 49.3 Å². The quantitative estimate of drug-likeness (QED) is 0.561. The Hall–Kier alpha value is -2.05. The lowest BCUT2D eigenvalue weighted by molar-refractivity contribution is -0.221. The Balaban J connectivity index is 1.65. The topological polar surface area (TPSA) is 57.2 Å². The molecule has 2 spiro atoms. The first-order chi connectivity index (χ1) is 14.5. The summed E-state index contributed by atoms with van der Waals surface area (Å²) in [5.41, 5.74) is 1.40. The van der Waals surface area contributed by atoms with E-state index in [4.69, 9.17) is 18.9 Å². The molecular formula is C24H29NO5. The zero-order valence-corrected chi connectivity index (χ0v) is 18.1. The Bertz CT molecular complexity index is 975. The first-order valence-corrected chi connectivity index (χ1v) is 11.0. The molecular weight excluding hydrogens is 382 g/mol. The number of esters is 1. The monoisotopic (exact) mass is 411 g/mol. The third-order valence-corrected chi connectivity index (χ3v) is 8.85. The molecule has 6 atom stereocenters. The summed E-state index contributed by atoms with van der Waals surface area (Å²) in [6.07, 6.45) is 6.86. The van der Waals surface area contributed by atoms with Crippen LogP contribution in [0.15, 0.2) is 24.3 Å². The number of carbonyl (C=O) groups is 1. The summed E-state index contributed by atoms with van der Waals surface area (Å²) in [7, 11) is 5.61. The van der Waals surface area contributed by atoms with Crippen molar-refractivity contribution >= 4 is 5.97 Å². The lowest BCUT2D eigenvalue weighted by atomic mass is 9.37. The van der Waals surface area contributed by atoms with Crippen molar-refractivity contribution < 1.29 is 23.7 Å². The average molecular weight is 411 g/mol.